The van der Waals surface area contributed by atoms with Crippen molar-refractivity contribution in [3.63, 3.8) is 0 Å². The monoisotopic (exact) mass is 257 g/mol. The van der Waals surface area contributed by atoms with Gasteiger partial charge in [0.25, 0.3) is 0 Å². The van der Waals surface area contributed by atoms with E-state index in [9.17, 15) is 5.11 Å². The molecule has 0 saturated carbocycles. The van der Waals surface area contributed by atoms with Crippen LogP contribution in [0.1, 0.15) is 17.4 Å². The van der Waals surface area contributed by atoms with Gasteiger partial charge >= 0.3 is 0 Å². The number of aliphatic hydroxyl groups is 1. The topological polar surface area (TPSA) is 36.0 Å². The second-order valence-corrected chi connectivity index (χ2v) is 5.00. The second-order valence-electron chi connectivity index (χ2n) is 2.71. The van der Waals surface area contributed by atoms with Crippen LogP contribution in [0.15, 0.2) is 33.6 Å². The van der Waals surface area contributed by atoms with Crippen LogP contribution >= 0.6 is 27.3 Å². The average Bonchev–Trinajstić information content (AvgIpc) is 2.72. The van der Waals surface area contributed by atoms with Crippen LogP contribution in [0, 0.1) is 0 Å². The molecule has 4 heteroatoms. The van der Waals surface area contributed by atoms with Gasteiger partial charge in [-0.2, -0.15) is 0 Å². The summed E-state index contributed by atoms with van der Waals surface area (Å²) < 4.78 is 1.04. The van der Waals surface area contributed by atoms with Gasteiger partial charge in [0.2, 0.25) is 0 Å². The maximum atomic E-state index is 9.85. The summed E-state index contributed by atoms with van der Waals surface area (Å²) in [6.45, 7) is 0. The summed E-state index contributed by atoms with van der Waals surface area (Å²) in [4.78, 5) is 2.98. The number of nitrogens with one attached hydrogen (secondary N) is 1. The highest BCUT2D eigenvalue weighted by Crippen LogP contribution is 2.28. The van der Waals surface area contributed by atoms with E-state index in [1.807, 2.05) is 23.6 Å². The summed E-state index contributed by atoms with van der Waals surface area (Å²) in [7, 11) is 0. The largest absolute Gasteiger partial charge is 0.382 e. The lowest BCUT2D eigenvalue weighted by Crippen LogP contribution is -1.97. The Morgan fingerprint density at radius 2 is 2.38 bits per heavy atom. The SMILES string of the molecule is OC(c1csc(Br)c1)c1ccc[nH]1. The number of hydrogen-bond donors (Lipinski definition) is 2. The highest BCUT2D eigenvalue weighted by Gasteiger charge is 2.11. The Morgan fingerprint density at radius 3 is 2.92 bits per heavy atom. The molecule has 0 fully saturated rings. The van der Waals surface area contributed by atoms with Gasteiger partial charge in [0.1, 0.15) is 6.10 Å². The van der Waals surface area contributed by atoms with Gasteiger partial charge in [-0.15, -0.1) is 11.3 Å². The van der Waals surface area contributed by atoms with Crippen molar-refractivity contribution < 1.29 is 5.11 Å². The minimum Gasteiger partial charge on any atom is -0.382 e. The Bertz CT molecular complexity index is 382. The minimum absolute atomic E-state index is 0.544. The van der Waals surface area contributed by atoms with Gasteiger partial charge in [0.15, 0.2) is 0 Å². The van der Waals surface area contributed by atoms with E-state index >= 15 is 0 Å². The van der Waals surface area contributed by atoms with Crippen molar-refractivity contribution in [3.8, 4) is 0 Å². The molecule has 0 aromatic carbocycles. The third-order valence-corrected chi connectivity index (χ3v) is 3.34. The van der Waals surface area contributed by atoms with Crippen molar-refractivity contribution in [1.29, 1.82) is 0 Å². The van der Waals surface area contributed by atoms with Gasteiger partial charge in [-0.25, -0.2) is 0 Å². The molecule has 1 atom stereocenters. The van der Waals surface area contributed by atoms with E-state index in [2.05, 4.69) is 20.9 Å². The first-order valence-corrected chi connectivity index (χ1v) is 5.50. The third kappa shape index (κ3) is 1.85. The standard InChI is InChI=1S/C9H8BrNOS/c10-8-4-6(5-13-8)9(12)7-2-1-3-11-7/h1-5,9,11-12H. The number of H-pyrrole nitrogens is 1. The average molecular weight is 258 g/mol. The van der Waals surface area contributed by atoms with Gasteiger partial charge in [-0.3, -0.25) is 0 Å². The molecule has 2 nitrogen and oxygen atoms in total. The summed E-state index contributed by atoms with van der Waals surface area (Å²) in [5.41, 5.74) is 1.74. The minimum atomic E-state index is -0.544. The van der Waals surface area contributed by atoms with E-state index in [1.54, 1.807) is 17.5 Å². The lowest BCUT2D eigenvalue weighted by molar-refractivity contribution is 0.216. The van der Waals surface area contributed by atoms with Crippen molar-refractivity contribution in [2.75, 3.05) is 0 Å². The van der Waals surface area contributed by atoms with Gasteiger partial charge in [0, 0.05) is 11.9 Å². The number of halogens is 1. The molecule has 2 aromatic heterocycles. The van der Waals surface area contributed by atoms with E-state index in [0.29, 0.717) is 0 Å². The molecule has 0 aliphatic rings. The molecule has 0 radical (unpaired) electrons. The van der Waals surface area contributed by atoms with Crippen LogP contribution in [-0.4, -0.2) is 10.1 Å². The van der Waals surface area contributed by atoms with Gasteiger partial charge < -0.3 is 10.1 Å². The van der Waals surface area contributed by atoms with Gasteiger partial charge in [0.05, 0.1) is 3.79 Å². The molecular weight excluding hydrogens is 250 g/mol. The number of aromatic amines is 1. The van der Waals surface area contributed by atoms with E-state index in [4.69, 9.17) is 0 Å². The van der Waals surface area contributed by atoms with E-state index < -0.39 is 6.10 Å². The maximum Gasteiger partial charge on any atom is 0.120 e. The highest BCUT2D eigenvalue weighted by molar-refractivity contribution is 9.11. The maximum absolute atomic E-state index is 9.85. The van der Waals surface area contributed by atoms with Crippen LogP contribution in [0.2, 0.25) is 0 Å². The Balaban J connectivity index is 2.28. The molecule has 2 N–H and O–H groups in total. The molecule has 2 heterocycles. The predicted octanol–water partition coefficient (Wildman–Crippen LogP) is 2.92. The molecule has 0 aliphatic heterocycles. The van der Waals surface area contributed by atoms with Crippen LogP contribution in [0.3, 0.4) is 0 Å². The van der Waals surface area contributed by atoms with Crippen molar-refractivity contribution >= 4 is 27.3 Å². The first kappa shape index (κ1) is 8.99. The van der Waals surface area contributed by atoms with Crippen LogP contribution < -0.4 is 0 Å². The number of aliphatic hydroxyl groups excluding tert-OH is 1. The molecule has 0 amide bonds. The normalized spacial score (nSPS) is 13.1. The number of thiophene rings is 1. The van der Waals surface area contributed by atoms with E-state index in [0.717, 1.165) is 15.0 Å². The second kappa shape index (κ2) is 3.65. The number of hydrogen-bond acceptors (Lipinski definition) is 2. The molecular formula is C9H8BrNOS. The van der Waals surface area contributed by atoms with E-state index in [1.165, 1.54) is 0 Å². The summed E-state index contributed by atoms with van der Waals surface area (Å²) >= 11 is 4.93. The zero-order chi connectivity index (χ0) is 9.26. The number of rotatable bonds is 2. The Hall–Kier alpha value is -0.580. The molecule has 0 bridgehead atoms. The third-order valence-electron chi connectivity index (χ3n) is 1.82. The zero-order valence-corrected chi connectivity index (χ0v) is 9.10. The summed E-state index contributed by atoms with van der Waals surface area (Å²) in [5.74, 6) is 0. The Morgan fingerprint density at radius 1 is 1.54 bits per heavy atom. The summed E-state index contributed by atoms with van der Waals surface area (Å²) in [6, 6.07) is 5.67. The van der Waals surface area contributed by atoms with E-state index in [-0.39, 0.29) is 0 Å². The lowest BCUT2D eigenvalue weighted by atomic mass is 10.1. The number of aromatic nitrogens is 1. The van der Waals surface area contributed by atoms with Crippen molar-refractivity contribution in [3.05, 3.63) is 44.8 Å². The molecule has 68 valence electrons. The lowest BCUT2D eigenvalue weighted by Gasteiger charge is -2.05. The Kier molecular flexibility index (Phi) is 2.53. The van der Waals surface area contributed by atoms with Crippen LogP contribution in [0.5, 0.6) is 0 Å². The fraction of sp³-hybridized carbons (Fsp3) is 0.111. The van der Waals surface area contributed by atoms with Crippen LogP contribution in [0.25, 0.3) is 0 Å². The molecule has 0 spiro atoms. The zero-order valence-electron chi connectivity index (χ0n) is 6.70. The molecule has 0 aliphatic carbocycles. The smallest absolute Gasteiger partial charge is 0.120 e. The van der Waals surface area contributed by atoms with Gasteiger partial charge in [-0.05, 0) is 45.1 Å². The van der Waals surface area contributed by atoms with Gasteiger partial charge in [-0.1, -0.05) is 0 Å². The Labute approximate surface area is 88.4 Å². The van der Waals surface area contributed by atoms with Crippen LogP contribution in [-0.2, 0) is 0 Å². The summed E-state index contributed by atoms with van der Waals surface area (Å²) in [6.07, 6.45) is 1.26. The quantitative estimate of drug-likeness (QED) is 0.853. The van der Waals surface area contributed by atoms with Crippen molar-refractivity contribution in [2.24, 2.45) is 0 Å². The van der Waals surface area contributed by atoms with Crippen molar-refractivity contribution in [1.82, 2.24) is 4.98 Å². The predicted molar refractivity (Wildman–Crippen MR) is 56.9 cm³/mol. The molecule has 2 rings (SSSR count). The summed E-state index contributed by atoms with van der Waals surface area (Å²) in [5, 5.41) is 11.8. The first-order chi connectivity index (χ1) is 6.27. The fourth-order valence-electron chi connectivity index (χ4n) is 1.16. The molecule has 2 aromatic rings. The first-order valence-electron chi connectivity index (χ1n) is 3.82. The highest BCUT2D eigenvalue weighted by atomic mass is 79.9. The van der Waals surface area contributed by atoms with Crippen molar-refractivity contribution in [2.45, 2.75) is 6.10 Å². The molecule has 13 heavy (non-hydrogen) atoms. The fourth-order valence-corrected chi connectivity index (χ4v) is 2.36. The molecule has 1 unspecified atom stereocenters. The molecule has 0 saturated heterocycles. The van der Waals surface area contributed by atoms with Crippen LogP contribution in [0.4, 0.5) is 0 Å².